The Morgan fingerprint density at radius 2 is 2.03 bits per heavy atom. The van der Waals surface area contributed by atoms with Crippen molar-refractivity contribution < 1.29 is 18.7 Å². The van der Waals surface area contributed by atoms with E-state index in [-0.39, 0.29) is 28.3 Å². The Bertz CT molecular complexity index is 1150. The van der Waals surface area contributed by atoms with Crippen LogP contribution >= 0.6 is 11.6 Å². The number of methoxy groups -OCH3 is 1. The van der Waals surface area contributed by atoms with Gasteiger partial charge in [0, 0.05) is 63.0 Å². The van der Waals surface area contributed by atoms with Crippen LogP contribution in [0, 0.1) is 18.7 Å². The van der Waals surface area contributed by atoms with Crippen molar-refractivity contribution >= 4 is 36.2 Å². The lowest BCUT2D eigenvalue weighted by Gasteiger charge is -2.41. The van der Waals surface area contributed by atoms with Gasteiger partial charge in [0.2, 0.25) is 0 Å². The highest BCUT2D eigenvalue weighted by atomic mass is 35.5. The van der Waals surface area contributed by atoms with Gasteiger partial charge in [-0.2, -0.15) is 0 Å². The maximum Gasteiger partial charge on any atom is 0.256 e. The number of amides is 2. The van der Waals surface area contributed by atoms with Crippen LogP contribution in [0.1, 0.15) is 26.3 Å². The standard InChI is InChI=1S/C25H29ClFN3O3/c1-16-9-17(2)22(24(31)28-7-8-33-4)10-19(16)15-29(3)12-18-13-30(14-18)25(32)21-6-5-20(26)11-23(21)27/h5-6,9-11,15,18H,1,7-8,12-14H2,2-4H3,(H,28,31)/b19-15-. The fraction of sp³-hybridized carbons (Fsp3) is 0.360. The number of carbonyl (C=O) groups is 2. The summed E-state index contributed by atoms with van der Waals surface area (Å²) in [5.74, 6) is -0.814. The van der Waals surface area contributed by atoms with Gasteiger partial charge in [-0.15, -0.1) is 0 Å². The molecular formula is C25H29ClFN3O3. The van der Waals surface area contributed by atoms with E-state index in [4.69, 9.17) is 16.3 Å². The lowest BCUT2D eigenvalue weighted by atomic mass is 9.98. The van der Waals surface area contributed by atoms with E-state index in [2.05, 4.69) is 11.9 Å². The van der Waals surface area contributed by atoms with Gasteiger partial charge in [0.05, 0.1) is 12.2 Å². The number of benzene rings is 2. The van der Waals surface area contributed by atoms with Crippen LogP contribution in [-0.2, 0) is 4.74 Å². The van der Waals surface area contributed by atoms with E-state index in [0.717, 1.165) is 28.6 Å². The Labute approximate surface area is 198 Å². The Morgan fingerprint density at radius 1 is 1.30 bits per heavy atom. The first-order valence-corrected chi connectivity index (χ1v) is 11.1. The fourth-order valence-corrected chi connectivity index (χ4v) is 4.05. The second-order valence-electron chi connectivity index (χ2n) is 8.38. The predicted octanol–water partition coefficient (Wildman–Crippen LogP) is 2.02. The highest BCUT2D eigenvalue weighted by molar-refractivity contribution is 6.30. The van der Waals surface area contributed by atoms with Crippen molar-refractivity contribution in [2.75, 3.05) is 46.9 Å². The molecule has 0 unspecified atom stereocenters. The molecule has 2 aromatic carbocycles. The Morgan fingerprint density at radius 3 is 2.70 bits per heavy atom. The zero-order chi connectivity index (χ0) is 24.1. The summed E-state index contributed by atoms with van der Waals surface area (Å²) in [6.45, 7) is 8.70. The molecule has 1 fully saturated rings. The summed E-state index contributed by atoms with van der Waals surface area (Å²) >= 11 is 5.77. The summed E-state index contributed by atoms with van der Waals surface area (Å²) in [6, 6.07) is 7.83. The van der Waals surface area contributed by atoms with Crippen LogP contribution in [-0.4, -0.2) is 68.6 Å². The Kier molecular flexibility index (Phi) is 8.10. The van der Waals surface area contributed by atoms with E-state index in [1.165, 1.54) is 12.1 Å². The molecule has 2 aromatic rings. The van der Waals surface area contributed by atoms with Gasteiger partial charge in [0.15, 0.2) is 0 Å². The number of hydrogen-bond donors (Lipinski definition) is 1. The van der Waals surface area contributed by atoms with Crippen molar-refractivity contribution in [1.82, 2.24) is 15.1 Å². The van der Waals surface area contributed by atoms with E-state index >= 15 is 0 Å². The smallest absolute Gasteiger partial charge is 0.256 e. The molecule has 0 bridgehead atoms. The molecule has 0 aliphatic carbocycles. The van der Waals surface area contributed by atoms with Gasteiger partial charge in [-0.1, -0.05) is 24.2 Å². The van der Waals surface area contributed by atoms with Crippen molar-refractivity contribution in [3.63, 3.8) is 0 Å². The third-order valence-electron chi connectivity index (χ3n) is 5.63. The zero-order valence-corrected chi connectivity index (χ0v) is 19.9. The molecule has 1 saturated heterocycles. The minimum Gasteiger partial charge on any atom is -0.383 e. The molecule has 0 aromatic heterocycles. The first-order chi connectivity index (χ1) is 15.7. The summed E-state index contributed by atoms with van der Waals surface area (Å²) in [5, 5.41) is 4.79. The average Bonchev–Trinajstić information content (AvgIpc) is 2.72. The van der Waals surface area contributed by atoms with Crippen molar-refractivity contribution in [2.45, 2.75) is 6.92 Å². The fourth-order valence-electron chi connectivity index (χ4n) is 3.89. The lowest BCUT2D eigenvalue weighted by Crippen LogP contribution is -2.53. The van der Waals surface area contributed by atoms with Gasteiger partial charge in [0.25, 0.3) is 11.8 Å². The minimum absolute atomic E-state index is 0.0374. The number of carbonyl (C=O) groups excluding carboxylic acids is 2. The summed E-state index contributed by atoms with van der Waals surface area (Å²) in [7, 11) is 3.53. The monoisotopic (exact) mass is 473 g/mol. The molecule has 0 atom stereocenters. The molecule has 6 nitrogen and oxygen atoms in total. The minimum atomic E-state index is -0.606. The Balaban J connectivity index is 1.62. The lowest BCUT2D eigenvalue weighted by molar-refractivity contribution is 0.0463. The second-order valence-corrected chi connectivity index (χ2v) is 8.82. The summed E-state index contributed by atoms with van der Waals surface area (Å²) < 4.78 is 19.0. The van der Waals surface area contributed by atoms with Crippen LogP contribution in [0.5, 0.6) is 0 Å². The highest BCUT2D eigenvalue weighted by Gasteiger charge is 2.32. The first kappa shape index (κ1) is 24.7. The second kappa shape index (κ2) is 10.8. The normalized spacial score (nSPS) is 14.2. The molecule has 1 N–H and O–H groups in total. The van der Waals surface area contributed by atoms with E-state index in [1.807, 2.05) is 37.2 Å². The zero-order valence-electron chi connectivity index (χ0n) is 19.2. The third-order valence-corrected chi connectivity index (χ3v) is 5.87. The van der Waals surface area contributed by atoms with Gasteiger partial charge in [-0.25, -0.2) is 4.39 Å². The van der Waals surface area contributed by atoms with Gasteiger partial charge < -0.3 is 19.9 Å². The van der Waals surface area contributed by atoms with E-state index in [1.54, 1.807) is 12.0 Å². The van der Waals surface area contributed by atoms with E-state index < -0.39 is 5.82 Å². The van der Waals surface area contributed by atoms with E-state index in [0.29, 0.717) is 31.8 Å². The molecule has 33 heavy (non-hydrogen) atoms. The summed E-state index contributed by atoms with van der Waals surface area (Å²) in [4.78, 5) is 28.7. The SMILES string of the molecule is C=c1cc(C)c(C(=O)NCCOC)c/c1=C/N(C)CC1CN(C(=O)c2ccc(Cl)cc2F)C1. The van der Waals surface area contributed by atoms with E-state index in [9.17, 15) is 14.0 Å². The van der Waals surface area contributed by atoms with Gasteiger partial charge >= 0.3 is 0 Å². The van der Waals surface area contributed by atoms with Crippen LogP contribution in [0.4, 0.5) is 4.39 Å². The maximum atomic E-state index is 14.0. The van der Waals surface area contributed by atoms with Crippen molar-refractivity contribution in [2.24, 2.45) is 5.92 Å². The largest absolute Gasteiger partial charge is 0.383 e. The van der Waals surface area contributed by atoms with Crippen molar-refractivity contribution in [3.8, 4) is 0 Å². The summed E-state index contributed by atoms with van der Waals surface area (Å²) in [5.41, 5.74) is 1.50. The van der Waals surface area contributed by atoms with Crippen LogP contribution in [0.15, 0.2) is 30.3 Å². The molecule has 0 saturated carbocycles. The molecular weight excluding hydrogens is 445 g/mol. The molecule has 2 amide bonds. The van der Waals surface area contributed by atoms with Crippen molar-refractivity contribution in [1.29, 1.82) is 0 Å². The topological polar surface area (TPSA) is 61.9 Å². The van der Waals surface area contributed by atoms with Crippen LogP contribution in [0.3, 0.4) is 0 Å². The number of ether oxygens (including phenoxy) is 1. The number of rotatable bonds is 8. The molecule has 8 heteroatoms. The molecule has 0 spiro atoms. The number of aryl methyl sites for hydroxylation is 1. The predicted molar refractivity (Wildman–Crippen MR) is 128 cm³/mol. The molecule has 3 rings (SSSR count). The quantitative estimate of drug-likeness (QED) is 0.596. The first-order valence-electron chi connectivity index (χ1n) is 10.7. The Hall–Kier alpha value is -2.90. The molecule has 1 aliphatic heterocycles. The number of likely N-dealkylation sites (tertiary alicyclic amines) is 1. The number of nitrogens with zero attached hydrogens (tertiary/aromatic N) is 2. The summed E-state index contributed by atoms with van der Waals surface area (Å²) in [6.07, 6.45) is 1.96. The average molecular weight is 474 g/mol. The number of hydrogen-bond acceptors (Lipinski definition) is 4. The van der Waals surface area contributed by atoms with Crippen molar-refractivity contribution in [3.05, 3.63) is 68.3 Å². The van der Waals surface area contributed by atoms with Crippen LogP contribution in [0.25, 0.3) is 12.8 Å². The highest BCUT2D eigenvalue weighted by Crippen LogP contribution is 2.22. The van der Waals surface area contributed by atoms with Gasteiger partial charge in [0.1, 0.15) is 5.82 Å². The molecule has 176 valence electrons. The number of halogens is 2. The maximum absolute atomic E-state index is 14.0. The molecule has 1 aliphatic rings. The third kappa shape index (κ3) is 6.12. The van der Waals surface area contributed by atoms with Crippen LogP contribution < -0.4 is 15.8 Å². The number of nitrogens with one attached hydrogen (secondary N) is 1. The molecule has 1 heterocycles. The van der Waals surface area contributed by atoms with Gasteiger partial charge in [-0.3, -0.25) is 9.59 Å². The van der Waals surface area contributed by atoms with Crippen LogP contribution in [0.2, 0.25) is 5.02 Å². The molecule has 0 radical (unpaired) electrons. The van der Waals surface area contributed by atoms with Gasteiger partial charge in [-0.05, 0) is 47.2 Å².